The van der Waals surface area contributed by atoms with Crippen molar-refractivity contribution in [2.75, 3.05) is 4.72 Å². The fourth-order valence-electron chi connectivity index (χ4n) is 1.24. The number of imidazole rings is 1. The van der Waals surface area contributed by atoms with Gasteiger partial charge in [-0.25, -0.2) is 13.2 Å². The summed E-state index contributed by atoms with van der Waals surface area (Å²) in [5.41, 5.74) is 0.669. The van der Waals surface area contributed by atoms with Crippen LogP contribution in [0.25, 0.3) is 11.0 Å². The van der Waals surface area contributed by atoms with Gasteiger partial charge in [0.15, 0.2) is 10.3 Å². The number of fused-ring (bicyclic) bond motifs is 1. The van der Waals surface area contributed by atoms with Crippen LogP contribution in [0.1, 0.15) is 0 Å². The Morgan fingerprint density at radius 3 is 2.53 bits per heavy atom. The second kappa shape index (κ2) is 3.11. The fourth-order valence-corrected chi connectivity index (χ4v) is 1.66. The molecule has 0 saturated carbocycles. The summed E-state index contributed by atoms with van der Waals surface area (Å²) < 4.78 is 32.9. The molecular weight excluding hydrogens is 222 g/mol. The summed E-state index contributed by atoms with van der Waals surface area (Å²) in [6.45, 7) is 0. The monoisotopic (exact) mass is 228 g/mol. The zero-order valence-electron chi connectivity index (χ0n) is 7.27. The van der Waals surface area contributed by atoms with E-state index >= 15 is 0 Å². The Kier molecular flexibility index (Phi) is 2.02. The van der Waals surface area contributed by atoms with Crippen molar-refractivity contribution < 1.29 is 13.0 Å². The first kappa shape index (κ1) is 9.74. The minimum Gasteiger partial charge on any atom is -0.731 e. The number of rotatable bonds is 2. The molecule has 2 rings (SSSR count). The van der Waals surface area contributed by atoms with E-state index in [-0.39, 0.29) is 5.69 Å². The predicted molar refractivity (Wildman–Crippen MR) is 52.2 cm³/mol. The van der Waals surface area contributed by atoms with E-state index in [9.17, 15) is 17.8 Å². The highest BCUT2D eigenvalue weighted by Gasteiger charge is 2.01. The maximum atomic E-state index is 10.9. The number of hydrogen-bond acceptors (Lipinski definition) is 4. The zero-order chi connectivity index (χ0) is 11.1. The van der Waals surface area contributed by atoms with E-state index in [2.05, 4.69) is 9.97 Å². The molecule has 1 aromatic heterocycles. The molecule has 1 aromatic carbocycles. The van der Waals surface area contributed by atoms with Gasteiger partial charge in [-0.2, -0.15) is 0 Å². The highest BCUT2D eigenvalue weighted by molar-refractivity contribution is 7.87. The van der Waals surface area contributed by atoms with Gasteiger partial charge in [0.1, 0.15) is 0 Å². The molecule has 0 atom stereocenters. The normalized spacial score (nSPS) is 11.8. The maximum absolute atomic E-state index is 10.9. The summed E-state index contributed by atoms with van der Waals surface area (Å²) in [5.74, 6) is 0. The Morgan fingerprint density at radius 1 is 1.20 bits per heavy atom. The van der Waals surface area contributed by atoms with Crippen molar-refractivity contribution in [2.24, 2.45) is 0 Å². The number of H-pyrrole nitrogens is 2. The van der Waals surface area contributed by atoms with Gasteiger partial charge < -0.3 is 14.5 Å². The molecule has 8 heteroatoms. The fraction of sp³-hybridized carbons (Fsp3) is 0. The maximum Gasteiger partial charge on any atom is 0.323 e. The van der Waals surface area contributed by atoms with Crippen LogP contribution in [0.15, 0.2) is 23.0 Å². The average molecular weight is 228 g/mol. The van der Waals surface area contributed by atoms with Crippen molar-refractivity contribution in [3.63, 3.8) is 0 Å². The van der Waals surface area contributed by atoms with Gasteiger partial charge >= 0.3 is 5.69 Å². The lowest BCUT2D eigenvalue weighted by Gasteiger charge is -2.09. The number of hydrogen-bond donors (Lipinski definition) is 3. The molecular formula is C7H6N3O4S-. The Bertz CT molecular complexity index is 654. The molecule has 0 aliphatic carbocycles. The second-order valence-electron chi connectivity index (χ2n) is 2.90. The topological polar surface area (TPSA) is 118 Å². The molecule has 80 valence electrons. The molecule has 0 radical (unpaired) electrons. The zero-order valence-corrected chi connectivity index (χ0v) is 8.09. The summed E-state index contributed by atoms with van der Waals surface area (Å²) in [6.07, 6.45) is 0. The molecule has 2 aromatic rings. The third kappa shape index (κ3) is 2.17. The van der Waals surface area contributed by atoms with Crippen LogP contribution in [0.4, 0.5) is 5.69 Å². The van der Waals surface area contributed by atoms with Crippen molar-refractivity contribution in [2.45, 2.75) is 0 Å². The largest absolute Gasteiger partial charge is 0.731 e. The Hall–Kier alpha value is -1.80. The van der Waals surface area contributed by atoms with E-state index in [1.807, 2.05) is 0 Å². The highest BCUT2D eigenvalue weighted by Crippen LogP contribution is 2.14. The number of benzene rings is 1. The molecule has 3 N–H and O–H groups in total. The molecule has 0 unspecified atom stereocenters. The van der Waals surface area contributed by atoms with Gasteiger partial charge in [0.25, 0.3) is 0 Å². The van der Waals surface area contributed by atoms with Crippen LogP contribution in [0.5, 0.6) is 0 Å². The average Bonchev–Trinajstić information content (AvgIpc) is 2.40. The number of anilines is 1. The van der Waals surface area contributed by atoms with Crippen LogP contribution in [-0.4, -0.2) is 22.9 Å². The Morgan fingerprint density at radius 2 is 1.87 bits per heavy atom. The lowest BCUT2D eigenvalue weighted by atomic mass is 10.3. The minimum atomic E-state index is -4.54. The molecule has 0 amide bonds. The van der Waals surface area contributed by atoms with Crippen LogP contribution in [0.2, 0.25) is 0 Å². The molecule has 0 fully saturated rings. The van der Waals surface area contributed by atoms with E-state index in [1.54, 1.807) is 4.72 Å². The van der Waals surface area contributed by atoms with E-state index in [0.29, 0.717) is 11.0 Å². The number of nitrogens with one attached hydrogen (secondary N) is 3. The second-order valence-corrected chi connectivity index (χ2v) is 4.01. The standard InChI is InChI=1S/C7H7N3O4S/c11-7-8-5-2-1-4(3-6(5)9-7)10-15(12,13)14/h1-3,10H,(H2,8,9,11)(H,12,13,14)/p-1. The molecule has 15 heavy (non-hydrogen) atoms. The van der Waals surface area contributed by atoms with Crippen molar-refractivity contribution in [1.82, 2.24) is 9.97 Å². The first-order chi connectivity index (χ1) is 6.94. The molecule has 0 aliphatic rings. The van der Waals surface area contributed by atoms with Crippen LogP contribution in [0.3, 0.4) is 0 Å². The van der Waals surface area contributed by atoms with Crippen LogP contribution >= 0.6 is 0 Å². The summed E-state index contributed by atoms with van der Waals surface area (Å²) in [7, 11) is -4.54. The smallest absolute Gasteiger partial charge is 0.323 e. The summed E-state index contributed by atoms with van der Waals surface area (Å²) in [5, 5.41) is 0. The Balaban J connectivity index is 2.51. The summed E-state index contributed by atoms with van der Waals surface area (Å²) >= 11 is 0. The third-order valence-electron chi connectivity index (χ3n) is 1.76. The van der Waals surface area contributed by atoms with E-state index < -0.39 is 16.0 Å². The summed E-state index contributed by atoms with van der Waals surface area (Å²) in [4.78, 5) is 15.8. The quantitative estimate of drug-likeness (QED) is 0.613. The first-order valence-electron chi connectivity index (χ1n) is 3.90. The Labute approximate surface area is 84.0 Å². The number of aromatic amines is 2. The SMILES string of the molecule is O=c1[nH]c2ccc(NS(=O)(=O)[O-])cc2[nH]1. The predicted octanol–water partition coefficient (Wildman–Crippen LogP) is -0.272. The minimum absolute atomic E-state index is 0.104. The van der Waals surface area contributed by atoms with Gasteiger partial charge in [-0.3, -0.25) is 4.72 Å². The molecule has 1 heterocycles. The lowest BCUT2D eigenvalue weighted by molar-refractivity contribution is 0.469. The summed E-state index contributed by atoms with van der Waals surface area (Å²) in [6, 6.07) is 4.21. The van der Waals surface area contributed by atoms with Gasteiger partial charge in [0.05, 0.1) is 11.0 Å². The van der Waals surface area contributed by atoms with Gasteiger partial charge in [-0.1, -0.05) is 0 Å². The van der Waals surface area contributed by atoms with E-state index in [4.69, 9.17) is 0 Å². The lowest BCUT2D eigenvalue weighted by Crippen LogP contribution is -2.10. The first-order valence-corrected chi connectivity index (χ1v) is 5.30. The number of aromatic nitrogens is 2. The molecule has 0 spiro atoms. The van der Waals surface area contributed by atoms with Crippen LogP contribution in [-0.2, 0) is 10.3 Å². The van der Waals surface area contributed by atoms with Crippen molar-refractivity contribution in [3.05, 3.63) is 28.7 Å². The van der Waals surface area contributed by atoms with E-state index in [0.717, 1.165) is 0 Å². The molecule has 7 nitrogen and oxygen atoms in total. The molecule has 0 aliphatic heterocycles. The van der Waals surface area contributed by atoms with E-state index in [1.165, 1.54) is 18.2 Å². The third-order valence-corrected chi connectivity index (χ3v) is 2.24. The van der Waals surface area contributed by atoms with Gasteiger partial charge in [0.2, 0.25) is 0 Å². The van der Waals surface area contributed by atoms with Crippen molar-refractivity contribution in [1.29, 1.82) is 0 Å². The van der Waals surface area contributed by atoms with Gasteiger partial charge in [-0.05, 0) is 18.2 Å². The van der Waals surface area contributed by atoms with Gasteiger partial charge in [-0.15, -0.1) is 0 Å². The van der Waals surface area contributed by atoms with Crippen LogP contribution < -0.4 is 10.4 Å². The highest BCUT2D eigenvalue weighted by atomic mass is 32.2. The van der Waals surface area contributed by atoms with Crippen molar-refractivity contribution in [3.8, 4) is 0 Å². The molecule has 0 saturated heterocycles. The van der Waals surface area contributed by atoms with Crippen LogP contribution in [0, 0.1) is 0 Å². The van der Waals surface area contributed by atoms with Crippen molar-refractivity contribution >= 4 is 27.0 Å². The van der Waals surface area contributed by atoms with Gasteiger partial charge in [0, 0.05) is 5.69 Å². The molecule has 0 bridgehead atoms.